The number of carbonyl (C=O) groups excluding carboxylic acids is 1. The molecule has 0 saturated carbocycles. The van der Waals surface area contributed by atoms with Gasteiger partial charge in [-0.2, -0.15) is 4.31 Å². The molecule has 27 heavy (non-hydrogen) atoms. The summed E-state index contributed by atoms with van der Waals surface area (Å²) in [6, 6.07) is 10.6. The molecule has 0 bridgehead atoms. The number of hydrogen-bond donors (Lipinski definition) is 1. The normalized spacial score (nSPS) is 16.0. The van der Waals surface area contributed by atoms with E-state index in [1.165, 1.54) is 4.88 Å². The van der Waals surface area contributed by atoms with Gasteiger partial charge in [-0.3, -0.25) is 4.79 Å². The summed E-state index contributed by atoms with van der Waals surface area (Å²) in [6.45, 7) is 1.18. The number of anilines is 1. The second-order valence-electron chi connectivity index (χ2n) is 6.82. The summed E-state index contributed by atoms with van der Waals surface area (Å²) in [7, 11) is -3.45. The van der Waals surface area contributed by atoms with Crippen LogP contribution >= 0.6 is 11.3 Å². The number of nitrogens with zero attached hydrogens (tertiary/aromatic N) is 1. The molecule has 0 aliphatic carbocycles. The Morgan fingerprint density at radius 1 is 1.04 bits per heavy atom. The molecular weight excluding hydrogens is 380 g/mol. The van der Waals surface area contributed by atoms with Crippen LogP contribution in [-0.4, -0.2) is 31.7 Å². The zero-order chi connectivity index (χ0) is 19.1. The van der Waals surface area contributed by atoms with Crippen molar-refractivity contribution in [2.24, 2.45) is 0 Å². The Morgan fingerprint density at radius 2 is 1.74 bits per heavy atom. The van der Waals surface area contributed by atoms with Crippen LogP contribution in [0.5, 0.6) is 0 Å². The fraction of sp³-hybridized carbons (Fsp3) is 0.450. The van der Waals surface area contributed by atoms with E-state index in [1.54, 1.807) is 39.9 Å². The first-order valence-corrected chi connectivity index (χ1v) is 11.8. The van der Waals surface area contributed by atoms with E-state index in [0.717, 1.165) is 38.5 Å². The molecule has 5 nitrogen and oxygen atoms in total. The van der Waals surface area contributed by atoms with Crippen molar-refractivity contribution in [3.05, 3.63) is 46.7 Å². The van der Waals surface area contributed by atoms with Gasteiger partial charge in [0.25, 0.3) is 0 Å². The number of thiophene rings is 1. The minimum atomic E-state index is -3.45. The summed E-state index contributed by atoms with van der Waals surface area (Å²) in [6.07, 6.45) is 6.15. The van der Waals surface area contributed by atoms with Crippen molar-refractivity contribution in [3.8, 4) is 0 Å². The highest BCUT2D eigenvalue weighted by Crippen LogP contribution is 2.22. The topological polar surface area (TPSA) is 66.5 Å². The van der Waals surface area contributed by atoms with E-state index in [1.807, 2.05) is 11.4 Å². The molecule has 1 aliphatic rings. The molecule has 1 amide bonds. The Labute approximate surface area is 165 Å². The van der Waals surface area contributed by atoms with Crippen LogP contribution in [0.25, 0.3) is 0 Å². The molecule has 1 aromatic heterocycles. The van der Waals surface area contributed by atoms with E-state index in [0.29, 0.717) is 30.1 Å². The summed E-state index contributed by atoms with van der Waals surface area (Å²) in [4.78, 5) is 13.6. The van der Waals surface area contributed by atoms with E-state index in [-0.39, 0.29) is 5.91 Å². The first-order chi connectivity index (χ1) is 13.1. The van der Waals surface area contributed by atoms with Crippen molar-refractivity contribution in [1.29, 1.82) is 0 Å². The number of rotatable bonds is 7. The highest BCUT2D eigenvalue weighted by Gasteiger charge is 2.24. The number of aryl methyl sites for hydroxylation is 1. The van der Waals surface area contributed by atoms with Gasteiger partial charge in [0.05, 0.1) is 4.90 Å². The largest absolute Gasteiger partial charge is 0.326 e. The number of hydrogen-bond acceptors (Lipinski definition) is 4. The summed E-state index contributed by atoms with van der Waals surface area (Å²) >= 11 is 1.70. The molecule has 1 saturated heterocycles. The lowest BCUT2D eigenvalue weighted by atomic mass is 10.2. The zero-order valence-electron chi connectivity index (χ0n) is 15.4. The second-order valence-corrected chi connectivity index (χ2v) is 9.79. The highest BCUT2D eigenvalue weighted by atomic mass is 32.2. The third kappa shape index (κ3) is 5.64. The van der Waals surface area contributed by atoms with Crippen LogP contribution in [-0.2, 0) is 21.2 Å². The van der Waals surface area contributed by atoms with E-state index in [4.69, 9.17) is 0 Å². The Morgan fingerprint density at radius 3 is 2.37 bits per heavy atom. The quantitative estimate of drug-likeness (QED) is 0.746. The summed E-state index contributed by atoms with van der Waals surface area (Å²) in [5.74, 6) is -0.0466. The number of benzene rings is 1. The Bertz CT molecular complexity index is 823. The maximum Gasteiger partial charge on any atom is 0.243 e. The second kappa shape index (κ2) is 9.48. The van der Waals surface area contributed by atoms with E-state index in [9.17, 15) is 13.2 Å². The van der Waals surface area contributed by atoms with E-state index in [2.05, 4.69) is 11.4 Å². The fourth-order valence-corrected chi connectivity index (χ4v) is 5.51. The molecule has 1 aliphatic heterocycles. The predicted molar refractivity (Wildman–Crippen MR) is 110 cm³/mol. The Hall–Kier alpha value is -1.70. The lowest BCUT2D eigenvalue weighted by Crippen LogP contribution is -2.31. The van der Waals surface area contributed by atoms with Gasteiger partial charge in [-0.1, -0.05) is 18.9 Å². The van der Waals surface area contributed by atoms with Gasteiger partial charge >= 0.3 is 0 Å². The summed E-state index contributed by atoms with van der Waals surface area (Å²) in [5, 5.41) is 4.88. The first kappa shape index (κ1) is 20.0. The molecule has 2 heterocycles. The standard InChI is InChI=1S/C20H26N2O3S2/c23-20(9-5-7-18-8-6-16-26-18)21-17-10-12-19(13-11-17)27(24,25)22-14-3-1-2-4-15-22/h6,8,10-13,16H,1-5,7,9,14-15H2,(H,21,23). The van der Waals surface area contributed by atoms with Crippen molar-refractivity contribution in [2.75, 3.05) is 18.4 Å². The smallest absolute Gasteiger partial charge is 0.243 e. The van der Waals surface area contributed by atoms with Crippen LogP contribution in [0.3, 0.4) is 0 Å². The minimum Gasteiger partial charge on any atom is -0.326 e. The predicted octanol–water partition coefficient (Wildman–Crippen LogP) is 4.27. The molecule has 1 aromatic carbocycles. The first-order valence-electron chi connectivity index (χ1n) is 9.48. The number of sulfonamides is 1. The highest BCUT2D eigenvalue weighted by molar-refractivity contribution is 7.89. The maximum absolute atomic E-state index is 12.8. The van der Waals surface area contributed by atoms with Crippen LogP contribution in [0.4, 0.5) is 5.69 Å². The molecule has 2 aromatic rings. The van der Waals surface area contributed by atoms with Crippen molar-refractivity contribution in [3.63, 3.8) is 0 Å². The van der Waals surface area contributed by atoms with Crippen LogP contribution in [0, 0.1) is 0 Å². The fourth-order valence-electron chi connectivity index (χ4n) is 3.24. The van der Waals surface area contributed by atoms with Crippen LogP contribution in [0.15, 0.2) is 46.7 Å². The molecule has 146 valence electrons. The SMILES string of the molecule is O=C(CCCc1cccs1)Nc1ccc(S(=O)(=O)N2CCCCCC2)cc1. The van der Waals surface area contributed by atoms with Gasteiger partial charge in [-0.05, 0) is 61.4 Å². The molecule has 3 rings (SSSR count). The van der Waals surface area contributed by atoms with E-state index < -0.39 is 10.0 Å². The van der Waals surface area contributed by atoms with Gasteiger partial charge in [0.15, 0.2) is 0 Å². The molecule has 7 heteroatoms. The third-order valence-corrected chi connectivity index (χ3v) is 7.60. The van der Waals surface area contributed by atoms with Gasteiger partial charge in [0.1, 0.15) is 0 Å². The average molecular weight is 407 g/mol. The molecule has 1 fully saturated rings. The van der Waals surface area contributed by atoms with Crippen LogP contribution < -0.4 is 5.32 Å². The van der Waals surface area contributed by atoms with Gasteiger partial charge in [0.2, 0.25) is 15.9 Å². The number of carbonyl (C=O) groups is 1. The summed E-state index contributed by atoms with van der Waals surface area (Å²) < 4.78 is 27.1. The lowest BCUT2D eigenvalue weighted by Gasteiger charge is -2.20. The monoisotopic (exact) mass is 406 g/mol. The van der Waals surface area contributed by atoms with Gasteiger partial charge < -0.3 is 5.32 Å². The van der Waals surface area contributed by atoms with Crippen LogP contribution in [0.2, 0.25) is 0 Å². The number of nitrogens with one attached hydrogen (secondary N) is 1. The Balaban J connectivity index is 1.53. The van der Waals surface area contributed by atoms with Gasteiger partial charge in [-0.25, -0.2) is 8.42 Å². The molecule has 0 atom stereocenters. The average Bonchev–Trinajstić information content (AvgIpc) is 3.01. The zero-order valence-corrected chi connectivity index (χ0v) is 17.0. The van der Waals surface area contributed by atoms with Gasteiger partial charge in [-0.15, -0.1) is 11.3 Å². The van der Waals surface area contributed by atoms with Crippen molar-refractivity contribution < 1.29 is 13.2 Å². The lowest BCUT2D eigenvalue weighted by molar-refractivity contribution is -0.116. The number of amides is 1. The molecule has 1 N–H and O–H groups in total. The van der Waals surface area contributed by atoms with Gasteiger partial charge in [0, 0.05) is 30.1 Å². The minimum absolute atomic E-state index is 0.0466. The maximum atomic E-state index is 12.8. The van der Waals surface area contributed by atoms with Crippen molar-refractivity contribution in [1.82, 2.24) is 4.31 Å². The molecule has 0 unspecified atom stereocenters. The Kier molecular flexibility index (Phi) is 7.04. The van der Waals surface area contributed by atoms with E-state index >= 15 is 0 Å². The summed E-state index contributed by atoms with van der Waals surface area (Å²) in [5.41, 5.74) is 0.630. The van der Waals surface area contributed by atoms with Crippen LogP contribution in [0.1, 0.15) is 43.4 Å². The molecular formula is C20H26N2O3S2. The molecule has 0 spiro atoms. The van der Waals surface area contributed by atoms with Crippen molar-refractivity contribution in [2.45, 2.75) is 49.8 Å². The third-order valence-electron chi connectivity index (χ3n) is 4.75. The molecule has 0 radical (unpaired) electrons. The van der Waals surface area contributed by atoms with Crippen molar-refractivity contribution >= 4 is 33.0 Å².